The largest absolute Gasteiger partial charge is 0.375 e. The maximum absolute atomic E-state index is 11.3. The molecule has 92 valence electrons. The third-order valence-corrected chi connectivity index (χ3v) is 2.69. The van der Waals surface area contributed by atoms with Gasteiger partial charge in [-0.3, -0.25) is 9.59 Å². The van der Waals surface area contributed by atoms with Crippen molar-refractivity contribution in [1.82, 2.24) is 0 Å². The average molecular weight is 234 g/mol. The molecule has 0 bridgehead atoms. The van der Waals surface area contributed by atoms with Crippen LogP contribution in [0.4, 0.5) is 11.4 Å². The number of ketones is 1. The molecule has 0 saturated heterocycles. The third-order valence-electron chi connectivity index (χ3n) is 2.69. The first-order chi connectivity index (χ1) is 7.95. The van der Waals surface area contributed by atoms with Gasteiger partial charge >= 0.3 is 0 Å². The van der Waals surface area contributed by atoms with Crippen molar-refractivity contribution in [3.05, 3.63) is 23.8 Å². The summed E-state index contributed by atoms with van der Waals surface area (Å²) < 4.78 is 0. The van der Waals surface area contributed by atoms with Crippen molar-refractivity contribution in [3.8, 4) is 0 Å². The normalized spacial score (nSPS) is 9.88. The van der Waals surface area contributed by atoms with E-state index in [4.69, 9.17) is 0 Å². The van der Waals surface area contributed by atoms with E-state index in [2.05, 4.69) is 17.1 Å². The molecule has 0 fully saturated rings. The number of benzene rings is 1. The minimum atomic E-state index is -0.579. The SMILES string of the molecule is CCN(C)c1ccc(NC(=O)C(C)=O)c(C)c1. The van der Waals surface area contributed by atoms with E-state index in [1.54, 1.807) is 0 Å². The Morgan fingerprint density at radius 2 is 2.00 bits per heavy atom. The summed E-state index contributed by atoms with van der Waals surface area (Å²) in [6.07, 6.45) is 0. The van der Waals surface area contributed by atoms with Crippen LogP contribution >= 0.6 is 0 Å². The summed E-state index contributed by atoms with van der Waals surface area (Å²) in [5.41, 5.74) is 2.71. The Bertz CT molecular complexity index is 441. The number of aryl methyl sites for hydroxylation is 1. The number of hydrogen-bond donors (Lipinski definition) is 1. The molecule has 17 heavy (non-hydrogen) atoms. The van der Waals surface area contributed by atoms with Crippen molar-refractivity contribution in [1.29, 1.82) is 0 Å². The monoisotopic (exact) mass is 234 g/mol. The van der Waals surface area contributed by atoms with E-state index in [0.29, 0.717) is 5.69 Å². The van der Waals surface area contributed by atoms with Crippen LogP contribution in [0.1, 0.15) is 19.4 Å². The molecule has 0 aliphatic carbocycles. The van der Waals surface area contributed by atoms with E-state index in [-0.39, 0.29) is 0 Å². The molecule has 4 heteroatoms. The van der Waals surface area contributed by atoms with Crippen LogP contribution in [0.15, 0.2) is 18.2 Å². The first-order valence-electron chi connectivity index (χ1n) is 5.59. The summed E-state index contributed by atoms with van der Waals surface area (Å²) in [4.78, 5) is 24.2. The fourth-order valence-corrected chi connectivity index (χ4v) is 1.42. The molecule has 0 saturated carbocycles. The third kappa shape index (κ3) is 3.31. The van der Waals surface area contributed by atoms with Crippen molar-refractivity contribution in [2.45, 2.75) is 20.8 Å². The van der Waals surface area contributed by atoms with Gasteiger partial charge in [-0.1, -0.05) is 0 Å². The summed E-state index contributed by atoms with van der Waals surface area (Å²) in [5.74, 6) is -1.07. The number of nitrogens with one attached hydrogen (secondary N) is 1. The van der Waals surface area contributed by atoms with Crippen LogP contribution in [-0.2, 0) is 9.59 Å². The number of amides is 1. The van der Waals surface area contributed by atoms with Gasteiger partial charge in [0.25, 0.3) is 5.91 Å². The van der Waals surface area contributed by atoms with Crippen molar-refractivity contribution < 1.29 is 9.59 Å². The zero-order chi connectivity index (χ0) is 13.0. The number of carbonyl (C=O) groups is 2. The lowest BCUT2D eigenvalue weighted by Crippen LogP contribution is -2.20. The van der Waals surface area contributed by atoms with E-state index in [1.165, 1.54) is 6.92 Å². The van der Waals surface area contributed by atoms with Crippen LogP contribution in [0, 0.1) is 6.92 Å². The van der Waals surface area contributed by atoms with E-state index < -0.39 is 11.7 Å². The van der Waals surface area contributed by atoms with Gasteiger partial charge in [0, 0.05) is 31.9 Å². The van der Waals surface area contributed by atoms with Gasteiger partial charge in [0.2, 0.25) is 5.78 Å². The maximum atomic E-state index is 11.3. The minimum Gasteiger partial charge on any atom is -0.375 e. The molecule has 0 aromatic heterocycles. The van der Waals surface area contributed by atoms with Crippen LogP contribution < -0.4 is 10.2 Å². The van der Waals surface area contributed by atoms with Crippen molar-refractivity contribution >= 4 is 23.1 Å². The average Bonchev–Trinajstić information content (AvgIpc) is 2.30. The van der Waals surface area contributed by atoms with Gasteiger partial charge in [-0.25, -0.2) is 0 Å². The number of Topliss-reactive ketones (excluding diaryl/α,β-unsaturated/α-hetero) is 1. The van der Waals surface area contributed by atoms with E-state index in [9.17, 15) is 9.59 Å². The van der Waals surface area contributed by atoms with Crippen LogP contribution in [-0.4, -0.2) is 25.3 Å². The molecular weight excluding hydrogens is 216 g/mol. The fraction of sp³-hybridized carbons (Fsp3) is 0.385. The van der Waals surface area contributed by atoms with E-state index in [1.807, 2.05) is 32.2 Å². The standard InChI is InChI=1S/C13H18N2O2/c1-5-15(4)11-6-7-12(9(2)8-11)14-13(17)10(3)16/h6-8H,5H2,1-4H3,(H,14,17). The number of hydrogen-bond acceptors (Lipinski definition) is 3. The molecule has 0 spiro atoms. The van der Waals surface area contributed by atoms with Gasteiger partial charge < -0.3 is 10.2 Å². The number of rotatable bonds is 4. The Hall–Kier alpha value is -1.84. The van der Waals surface area contributed by atoms with Crippen LogP contribution in [0.5, 0.6) is 0 Å². The van der Waals surface area contributed by atoms with E-state index in [0.717, 1.165) is 17.8 Å². The quantitative estimate of drug-likeness (QED) is 0.810. The molecule has 4 nitrogen and oxygen atoms in total. The fourth-order valence-electron chi connectivity index (χ4n) is 1.42. The topological polar surface area (TPSA) is 49.4 Å². The number of nitrogens with zero attached hydrogens (tertiary/aromatic N) is 1. The molecule has 0 unspecified atom stereocenters. The van der Waals surface area contributed by atoms with Gasteiger partial charge in [-0.2, -0.15) is 0 Å². The highest BCUT2D eigenvalue weighted by molar-refractivity contribution is 6.39. The summed E-state index contributed by atoms with van der Waals surface area (Å²) >= 11 is 0. The minimum absolute atomic E-state index is 0.487. The van der Waals surface area contributed by atoms with Crippen LogP contribution in [0.25, 0.3) is 0 Å². The Kier molecular flexibility index (Phi) is 4.26. The summed E-state index contributed by atoms with van der Waals surface area (Å²) in [6, 6.07) is 5.73. The molecule has 1 N–H and O–H groups in total. The van der Waals surface area contributed by atoms with Crippen molar-refractivity contribution in [3.63, 3.8) is 0 Å². The van der Waals surface area contributed by atoms with Gasteiger partial charge in [0.05, 0.1) is 0 Å². The van der Waals surface area contributed by atoms with Crippen LogP contribution in [0.2, 0.25) is 0 Å². The summed E-state index contributed by atoms with van der Waals surface area (Å²) in [6.45, 7) is 6.14. The molecular formula is C13H18N2O2. The molecule has 1 rings (SSSR count). The molecule has 1 amide bonds. The second-order valence-electron chi connectivity index (χ2n) is 4.02. The van der Waals surface area contributed by atoms with E-state index >= 15 is 0 Å². The second kappa shape index (κ2) is 5.48. The van der Waals surface area contributed by atoms with Gasteiger partial charge in [0.15, 0.2) is 0 Å². The predicted octanol–water partition coefficient (Wildman–Crippen LogP) is 1.98. The molecule has 1 aromatic carbocycles. The molecule has 0 heterocycles. The summed E-state index contributed by atoms with van der Waals surface area (Å²) in [5, 5.41) is 2.59. The highest BCUT2D eigenvalue weighted by Crippen LogP contribution is 2.21. The molecule has 0 atom stereocenters. The zero-order valence-corrected chi connectivity index (χ0v) is 10.7. The van der Waals surface area contributed by atoms with Crippen LogP contribution in [0.3, 0.4) is 0 Å². The van der Waals surface area contributed by atoms with Gasteiger partial charge in [-0.05, 0) is 37.6 Å². The Morgan fingerprint density at radius 3 is 2.47 bits per heavy atom. The smallest absolute Gasteiger partial charge is 0.291 e. The molecule has 0 aliphatic rings. The molecule has 1 aromatic rings. The van der Waals surface area contributed by atoms with Gasteiger partial charge in [0.1, 0.15) is 0 Å². The Balaban J connectivity index is 2.90. The lowest BCUT2D eigenvalue weighted by Gasteiger charge is -2.18. The first kappa shape index (κ1) is 13.2. The van der Waals surface area contributed by atoms with Crippen molar-refractivity contribution in [2.75, 3.05) is 23.8 Å². The Morgan fingerprint density at radius 1 is 1.35 bits per heavy atom. The summed E-state index contributed by atoms with van der Waals surface area (Å²) in [7, 11) is 2.00. The Labute approximate surface area is 102 Å². The maximum Gasteiger partial charge on any atom is 0.291 e. The molecule has 0 aliphatic heterocycles. The van der Waals surface area contributed by atoms with Crippen molar-refractivity contribution in [2.24, 2.45) is 0 Å². The second-order valence-corrected chi connectivity index (χ2v) is 4.02. The lowest BCUT2D eigenvalue weighted by molar-refractivity contribution is -0.133. The molecule has 0 radical (unpaired) electrons. The zero-order valence-electron chi connectivity index (χ0n) is 10.7. The lowest BCUT2D eigenvalue weighted by atomic mass is 10.1. The van der Waals surface area contributed by atoms with Gasteiger partial charge in [-0.15, -0.1) is 0 Å². The highest BCUT2D eigenvalue weighted by Gasteiger charge is 2.09. The predicted molar refractivity (Wildman–Crippen MR) is 69.4 cm³/mol. The first-order valence-corrected chi connectivity index (χ1v) is 5.59. The highest BCUT2D eigenvalue weighted by atomic mass is 16.2. The number of carbonyl (C=O) groups excluding carboxylic acids is 2. The number of anilines is 2.